The summed E-state index contributed by atoms with van der Waals surface area (Å²) >= 11 is 1.41. The Balaban J connectivity index is 1.59. The van der Waals surface area contributed by atoms with Crippen LogP contribution in [-0.2, 0) is 9.53 Å². The van der Waals surface area contributed by atoms with Crippen LogP contribution in [0.15, 0.2) is 0 Å². The van der Waals surface area contributed by atoms with Gasteiger partial charge in [0.2, 0.25) is 11.0 Å². The van der Waals surface area contributed by atoms with Crippen molar-refractivity contribution >= 4 is 22.6 Å². The Morgan fingerprint density at radius 1 is 1.29 bits per heavy atom. The standard InChI is InChI=1S/C13H21N5O2S/c1-10-15-12(21-16-10)18-6-4-17(5-7-18)11(19)13(14)2-8-20-9-3-13/h2-9,14H2,1H3. The molecule has 2 fully saturated rings. The second kappa shape index (κ2) is 5.86. The number of nitrogens with zero attached hydrogens (tertiary/aromatic N) is 4. The third kappa shape index (κ3) is 3.02. The van der Waals surface area contributed by atoms with Crippen molar-refractivity contribution < 1.29 is 9.53 Å². The van der Waals surface area contributed by atoms with Crippen LogP contribution < -0.4 is 10.6 Å². The molecule has 3 heterocycles. The van der Waals surface area contributed by atoms with Crippen LogP contribution in [0.2, 0.25) is 0 Å². The highest BCUT2D eigenvalue weighted by Gasteiger charge is 2.39. The number of aromatic nitrogens is 2. The van der Waals surface area contributed by atoms with Crippen molar-refractivity contribution in [3.8, 4) is 0 Å². The molecule has 0 spiro atoms. The molecule has 0 aliphatic carbocycles. The Morgan fingerprint density at radius 3 is 2.52 bits per heavy atom. The molecular formula is C13H21N5O2S. The molecule has 0 unspecified atom stereocenters. The van der Waals surface area contributed by atoms with Crippen LogP contribution in [0, 0.1) is 6.92 Å². The Hall–Kier alpha value is -1.25. The van der Waals surface area contributed by atoms with E-state index in [1.54, 1.807) is 0 Å². The summed E-state index contributed by atoms with van der Waals surface area (Å²) in [7, 11) is 0. The van der Waals surface area contributed by atoms with Gasteiger partial charge in [-0.05, 0) is 19.8 Å². The Kier molecular flexibility index (Phi) is 4.10. The monoisotopic (exact) mass is 311 g/mol. The highest BCUT2D eigenvalue weighted by atomic mass is 32.1. The lowest BCUT2D eigenvalue weighted by Crippen LogP contribution is -2.61. The van der Waals surface area contributed by atoms with Crippen LogP contribution in [0.25, 0.3) is 0 Å². The summed E-state index contributed by atoms with van der Waals surface area (Å²) in [6.45, 7) is 6.00. The van der Waals surface area contributed by atoms with E-state index >= 15 is 0 Å². The number of nitrogens with two attached hydrogens (primary N) is 1. The number of hydrogen-bond donors (Lipinski definition) is 1. The minimum absolute atomic E-state index is 0.0684. The van der Waals surface area contributed by atoms with E-state index in [9.17, 15) is 4.79 Å². The molecule has 116 valence electrons. The van der Waals surface area contributed by atoms with Crippen molar-refractivity contribution in [3.63, 3.8) is 0 Å². The number of carbonyl (C=O) groups excluding carboxylic acids is 1. The third-order valence-corrected chi connectivity index (χ3v) is 5.03. The molecule has 8 heteroatoms. The first-order chi connectivity index (χ1) is 10.1. The van der Waals surface area contributed by atoms with Gasteiger partial charge in [0.15, 0.2) is 0 Å². The lowest BCUT2D eigenvalue weighted by molar-refractivity contribution is -0.140. The minimum Gasteiger partial charge on any atom is -0.381 e. The summed E-state index contributed by atoms with van der Waals surface area (Å²) in [5.74, 6) is 0.871. The zero-order chi connectivity index (χ0) is 14.9. The fourth-order valence-electron chi connectivity index (χ4n) is 2.78. The van der Waals surface area contributed by atoms with Crippen molar-refractivity contribution in [2.45, 2.75) is 25.3 Å². The molecule has 0 atom stereocenters. The number of carbonyl (C=O) groups is 1. The van der Waals surface area contributed by atoms with Crippen LogP contribution in [0.5, 0.6) is 0 Å². The maximum Gasteiger partial charge on any atom is 0.242 e. The van der Waals surface area contributed by atoms with E-state index in [1.165, 1.54) is 11.5 Å². The van der Waals surface area contributed by atoms with Crippen LogP contribution >= 0.6 is 11.5 Å². The van der Waals surface area contributed by atoms with Gasteiger partial charge in [-0.3, -0.25) is 4.79 Å². The summed E-state index contributed by atoms with van der Waals surface area (Å²) in [6, 6.07) is 0. The lowest BCUT2D eigenvalue weighted by atomic mass is 9.89. The van der Waals surface area contributed by atoms with Gasteiger partial charge in [-0.25, -0.2) is 4.98 Å². The highest BCUT2D eigenvalue weighted by molar-refractivity contribution is 7.09. The van der Waals surface area contributed by atoms with Crippen molar-refractivity contribution in [1.82, 2.24) is 14.3 Å². The number of aryl methyl sites for hydroxylation is 1. The predicted molar refractivity (Wildman–Crippen MR) is 80.4 cm³/mol. The van der Waals surface area contributed by atoms with Crippen LogP contribution in [0.3, 0.4) is 0 Å². The first-order valence-electron chi connectivity index (χ1n) is 7.30. The highest BCUT2D eigenvalue weighted by Crippen LogP contribution is 2.23. The van der Waals surface area contributed by atoms with Crippen molar-refractivity contribution in [2.24, 2.45) is 5.73 Å². The van der Waals surface area contributed by atoms with Crippen LogP contribution in [0.1, 0.15) is 18.7 Å². The first kappa shape index (κ1) is 14.7. The van der Waals surface area contributed by atoms with Crippen LogP contribution in [-0.4, -0.2) is 65.1 Å². The molecule has 0 radical (unpaired) electrons. The van der Waals surface area contributed by atoms with E-state index in [2.05, 4.69) is 14.3 Å². The topological polar surface area (TPSA) is 84.6 Å². The number of rotatable bonds is 2. The van der Waals surface area contributed by atoms with Crippen molar-refractivity contribution in [1.29, 1.82) is 0 Å². The van der Waals surface area contributed by atoms with Gasteiger partial charge in [-0.15, -0.1) is 0 Å². The third-order valence-electron chi connectivity index (χ3n) is 4.17. The molecule has 1 amide bonds. The average molecular weight is 311 g/mol. The molecule has 0 aromatic carbocycles. The maximum absolute atomic E-state index is 12.6. The van der Waals surface area contributed by atoms with E-state index in [4.69, 9.17) is 10.5 Å². The van der Waals surface area contributed by atoms with Gasteiger partial charge in [-0.2, -0.15) is 4.37 Å². The quantitative estimate of drug-likeness (QED) is 0.828. The Morgan fingerprint density at radius 2 is 1.95 bits per heavy atom. The SMILES string of the molecule is Cc1nsc(N2CCN(C(=O)C3(N)CCOCC3)CC2)n1. The zero-order valence-electron chi connectivity index (χ0n) is 12.2. The van der Waals surface area contributed by atoms with Gasteiger partial charge in [0.25, 0.3) is 0 Å². The van der Waals surface area contributed by atoms with Gasteiger partial charge in [-0.1, -0.05) is 0 Å². The van der Waals surface area contributed by atoms with E-state index in [1.807, 2.05) is 11.8 Å². The fourth-order valence-corrected chi connectivity index (χ4v) is 3.51. The molecule has 2 saturated heterocycles. The van der Waals surface area contributed by atoms with Gasteiger partial charge >= 0.3 is 0 Å². The van der Waals surface area contributed by atoms with E-state index in [-0.39, 0.29) is 5.91 Å². The number of ether oxygens (including phenoxy) is 1. The first-order valence-corrected chi connectivity index (χ1v) is 8.07. The molecule has 21 heavy (non-hydrogen) atoms. The number of hydrogen-bond acceptors (Lipinski definition) is 7. The van der Waals surface area contributed by atoms with E-state index in [0.717, 1.165) is 24.0 Å². The summed E-state index contributed by atoms with van der Waals surface area (Å²) < 4.78 is 9.51. The predicted octanol–water partition coefficient (Wildman–Crippen LogP) is 0.00302. The summed E-state index contributed by atoms with van der Waals surface area (Å²) in [6.07, 6.45) is 1.23. The molecule has 0 saturated carbocycles. The zero-order valence-corrected chi connectivity index (χ0v) is 13.1. The molecule has 2 aliphatic rings. The molecule has 0 bridgehead atoms. The van der Waals surface area contributed by atoms with Gasteiger partial charge in [0.05, 0.1) is 5.54 Å². The summed E-state index contributed by atoms with van der Waals surface area (Å²) in [4.78, 5) is 21.1. The molecule has 2 aliphatic heterocycles. The summed E-state index contributed by atoms with van der Waals surface area (Å²) in [5, 5.41) is 0.938. The molecular weight excluding hydrogens is 290 g/mol. The summed E-state index contributed by atoms with van der Waals surface area (Å²) in [5.41, 5.74) is 5.54. The fraction of sp³-hybridized carbons (Fsp3) is 0.769. The number of amides is 1. The van der Waals surface area contributed by atoms with Crippen molar-refractivity contribution in [3.05, 3.63) is 5.82 Å². The Labute approximate surface area is 128 Å². The minimum atomic E-state index is -0.736. The lowest BCUT2D eigenvalue weighted by Gasteiger charge is -2.40. The van der Waals surface area contributed by atoms with Gasteiger partial charge in [0.1, 0.15) is 5.82 Å². The largest absolute Gasteiger partial charge is 0.381 e. The smallest absolute Gasteiger partial charge is 0.242 e. The van der Waals surface area contributed by atoms with Crippen molar-refractivity contribution in [2.75, 3.05) is 44.3 Å². The second-order valence-corrected chi connectivity index (χ2v) is 6.40. The molecule has 3 rings (SSSR count). The van der Waals surface area contributed by atoms with E-state index in [0.29, 0.717) is 39.1 Å². The Bertz CT molecular complexity index is 506. The molecule has 1 aromatic rings. The molecule has 1 aromatic heterocycles. The average Bonchev–Trinajstić information content (AvgIpc) is 2.94. The second-order valence-electron chi connectivity index (χ2n) is 5.67. The molecule has 2 N–H and O–H groups in total. The number of anilines is 1. The van der Waals surface area contributed by atoms with Gasteiger partial charge < -0.3 is 20.3 Å². The van der Waals surface area contributed by atoms with E-state index < -0.39 is 5.54 Å². The van der Waals surface area contributed by atoms with Crippen LogP contribution in [0.4, 0.5) is 5.13 Å². The number of piperazine rings is 1. The van der Waals surface area contributed by atoms with Gasteiger partial charge in [0, 0.05) is 50.9 Å². The normalized spacial score (nSPS) is 22.4. The maximum atomic E-state index is 12.6. The molecule has 7 nitrogen and oxygen atoms in total.